The molecule has 1 unspecified atom stereocenters. The first-order valence-corrected chi connectivity index (χ1v) is 7.71. The number of fused-ring (bicyclic) bond motifs is 1. The summed E-state index contributed by atoms with van der Waals surface area (Å²) in [6.07, 6.45) is 6.55. The van der Waals surface area contributed by atoms with Crippen molar-refractivity contribution in [2.45, 2.75) is 50.2 Å². The molecule has 1 aliphatic heterocycles. The Morgan fingerprint density at radius 3 is 2.84 bits per heavy atom. The highest BCUT2D eigenvalue weighted by Crippen LogP contribution is 2.38. The van der Waals surface area contributed by atoms with Gasteiger partial charge in [0.1, 0.15) is 11.1 Å². The molecule has 1 atom stereocenters. The van der Waals surface area contributed by atoms with Gasteiger partial charge in [0.05, 0.1) is 5.54 Å². The number of hydrogen-bond acceptors (Lipinski definition) is 6. The molecule has 2 aromatic rings. The second kappa shape index (κ2) is 4.22. The SMILES string of the molecule is NC1(c2nn3c(C4CCCO4)nnc3s2)CCCC1. The van der Waals surface area contributed by atoms with Crippen molar-refractivity contribution in [2.75, 3.05) is 6.61 Å². The molecular weight excluding hydrogens is 262 g/mol. The van der Waals surface area contributed by atoms with Gasteiger partial charge in [-0.05, 0) is 25.7 Å². The Bertz CT molecular complexity index is 594. The van der Waals surface area contributed by atoms with Crippen LogP contribution in [-0.4, -0.2) is 26.4 Å². The van der Waals surface area contributed by atoms with Gasteiger partial charge in [-0.2, -0.15) is 9.61 Å². The summed E-state index contributed by atoms with van der Waals surface area (Å²) in [5, 5.41) is 14.1. The van der Waals surface area contributed by atoms with E-state index in [9.17, 15) is 0 Å². The molecule has 0 amide bonds. The zero-order chi connectivity index (χ0) is 12.9. The predicted molar refractivity (Wildman–Crippen MR) is 70.9 cm³/mol. The van der Waals surface area contributed by atoms with Gasteiger partial charge in [-0.25, -0.2) is 0 Å². The van der Waals surface area contributed by atoms with E-state index in [0.29, 0.717) is 0 Å². The minimum absolute atomic E-state index is 0.0438. The third-order valence-corrected chi connectivity index (χ3v) is 5.27. The van der Waals surface area contributed by atoms with Crippen LogP contribution in [0.2, 0.25) is 0 Å². The highest BCUT2D eigenvalue weighted by Gasteiger charge is 2.36. The minimum atomic E-state index is -0.251. The van der Waals surface area contributed by atoms with E-state index in [1.807, 2.05) is 4.52 Å². The summed E-state index contributed by atoms with van der Waals surface area (Å²) in [6, 6.07) is 0. The lowest BCUT2D eigenvalue weighted by molar-refractivity contribution is 0.103. The van der Waals surface area contributed by atoms with Crippen LogP contribution >= 0.6 is 11.3 Å². The van der Waals surface area contributed by atoms with Gasteiger partial charge in [-0.3, -0.25) is 0 Å². The lowest BCUT2D eigenvalue weighted by Gasteiger charge is -2.19. The van der Waals surface area contributed by atoms with Crippen molar-refractivity contribution in [3.05, 3.63) is 10.8 Å². The molecule has 1 saturated carbocycles. The van der Waals surface area contributed by atoms with Crippen LogP contribution in [0.1, 0.15) is 55.5 Å². The van der Waals surface area contributed by atoms with Gasteiger partial charge in [0.15, 0.2) is 5.82 Å². The van der Waals surface area contributed by atoms with Crippen LogP contribution in [0.4, 0.5) is 0 Å². The Kier molecular flexibility index (Phi) is 2.61. The standard InChI is InChI=1S/C12H17N5OS/c13-12(5-1-2-6-12)10-16-17-9(8-4-3-7-18-8)14-15-11(17)19-10/h8H,1-7,13H2. The molecule has 2 aromatic heterocycles. The second-order valence-corrected chi connectivity index (χ2v) is 6.48. The first-order chi connectivity index (χ1) is 9.26. The third kappa shape index (κ3) is 1.79. The molecule has 19 heavy (non-hydrogen) atoms. The first kappa shape index (κ1) is 11.7. The van der Waals surface area contributed by atoms with Gasteiger partial charge in [0.25, 0.3) is 0 Å². The molecule has 0 bridgehead atoms. The molecule has 1 saturated heterocycles. The van der Waals surface area contributed by atoms with Gasteiger partial charge >= 0.3 is 0 Å². The summed E-state index contributed by atoms with van der Waals surface area (Å²) in [5.41, 5.74) is 6.21. The molecule has 1 aliphatic carbocycles. The van der Waals surface area contributed by atoms with Gasteiger partial charge in [0.2, 0.25) is 4.96 Å². The van der Waals surface area contributed by atoms with E-state index < -0.39 is 0 Å². The first-order valence-electron chi connectivity index (χ1n) is 6.89. The Labute approximate surface area is 115 Å². The average molecular weight is 279 g/mol. The molecule has 2 N–H and O–H groups in total. The van der Waals surface area contributed by atoms with E-state index in [0.717, 1.165) is 48.1 Å². The topological polar surface area (TPSA) is 78.3 Å². The van der Waals surface area contributed by atoms with E-state index in [1.165, 1.54) is 12.8 Å². The molecule has 0 spiro atoms. The molecule has 7 heteroatoms. The molecule has 6 nitrogen and oxygen atoms in total. The summed E-state index contributed by atoms with van der Waals surface area (Å²) >= 11 is 1.57. The quantitative estimate of drug-likeness (QED) is 0.906. The fraction of sp³-hybridized carbons (Fsp3) is 0.750. The maximum atomic E-state index is 6.46. The zero-order valence-electron chi connectivity index (χ0n) is 10.7. The maximum absolute atomic E-state index is 6.46. The van der Waals surface area contributed by atoms with Gasteiger partial charge in [-0.15, -0.1) is 10.2 Å². The lowest BCUT2D eigenvalue weighted by Crippen LogP contribution is -2.33. The van der Waals surface area contributed by atoms with Crippen LogP contribution < -0.4 is 5.73 Å². The fourth-order valence-corrected chi connectivity index (χ4v) is 4.04. The van der Waals surface area contributed by atoms with E-state index in [1.54, 1.807) is 11.3 Å². The van der Waals surface area contributed by atoms with Crippen molar-refractivity contribution < 1.29 is 4.74 Å². The lowest BCUT2D eigenvalue weighted by atomic mass is 10.0. The monoisotopic (exact) mass is 279 g/mol. The smallest absolute Gasteiger partial charge is 0.234 e. The van der Waals surface area contributed by atoms with Crippen molar-refractivity contribution >= 4 is 16.3 Å². The number of ether oxygens (including phenoxy) is 1. The normalized spacial score (nSPS) is 26.5. The molecule has 0 radical (unpaired) electrons. The summed E-state index contributed by atoms with van der Waals surface area (Å²) in [6.45, 7) is 0.803. The molecule has 102 valence electrons. The van der Waals surface area contributed by atoms with Crippen molar-refractivity contribution in [3.63, 3.8) is 0 Å². The van der Waals surface area contributed by atoms with Crippen LogP contribution in [-0.2, 0) is 10.3 Å². The van der Waals surface area contributed by atoms with Crippen LogP contribution in [0.15, 0.2) is 0 Å². The van der Waals surface area contributed by atoms with E-state index in [-0.39, 0.29) is 11.6 Å². The summed E-state index contributed by atoms with van der Waals surface area (Å²) < 4.78 is 7.51. The zero-order valence-corrected chi connectivity index (χ0v) is 11.5. The summed E-state index contributed by atoms with van der Waals surface area (Å²) in [7, 11) is 0. The molecular formula is C12H17N5OS. The predicted octanol–water partition coefficient (Wildman–Crippen LogP) is 1.77. The summed E-state index contributed by atoms with van der Waals surface area (Å²) in [4.78, 5) is 0.831. The Balaban J connectivity index is 1.75. The molecule has 2 fully saturated rings. The van der Waals surface area contributed by atoms with Crippen LogP contribution in [0, 0.1) is 0 Å². The van der Waals surface area contributed by atoms with E-state index in [2.05, 4.69) is 15.3 Å². The highest BCUT2D eigenvalue weighted by molar-refractivity contribution is 7.16. The Morgan fingerprint density at radius 2 is 2.11 bits per heavy atom. The summed E-state index contributed by atoms with van der Waals surface area (Å²) in [5.74, 6) is 0.830. The average Bonchev–Trinajstić information content (AvgIpc) is 3.12. The van der Waals surface area contributed by atoms with Crippen LogP contribution in [0.25, 0.3) is 4.96 Å². The van der Waals surface area contributed by atoms with Gasteiger partial charge in [-0.1, -0.05) is 24.2 Å². The van der Waals surface area contributed by atoms with Gasteiger partial charge < -0.3 is 10.5 Å². The second-order valence-electron chi connectivity index (χ2n) is 5.52. The van der Waals surface area contributed by atoms with Crippen LogP contribution in [0.5, 0.6) is 0 Å². The fourth-order valence-electron chi connectivity index (χ4n) is 3.04. The highest BCUT2D eigenvalue weighted by atomic mass is 32.1. The molecule has 2 aliphatic rings. The Morgan fingerprint density at radius 1 is 1.26 bits per heavy atom. The third-order valence-electron chi connectivity index (χ3n) is 4.15. The number of nitrogens with two attached hydrogens (primary N) is 1. The maximum Gasteiger partial charge on any atom is 0.234 e. The minimum Gasteiger partial charge on any atom is -0.370 e. The van der Waals surface area contributed by atoms with E-state index in [4.69, 9.17) is 10.5 Å². The molecule has 3 heterocycles. The number of nitrogens with zero attached hydrogens (tertiary/aromatic N) is 4. The molecule has 0 aromatic carbocycles. The van der Waals surface area contributed by atoms with Crippen molar-refractivity contribution in [1.82, 2.24) is 19.8 Å². The largest absolute Gasteiger partial charge is 0.370 e. The van der Waals surface area contributed by atoms with Crippen LogP contribution in [0.3, 0.4) is 0 Å². The van der Waals surface area contributed by atoms with E-state index >= 15 is 0 Å². The van der Waals surface area contributed by atoms with Crippen molar-refractivity contribution in [2.24, 2.45) is 5.73 Å². The van der Waals surface area contributed by atoms with Crippen molar-refractivity contribution in [3.8, 4) is 0 Å². The number of aromatic nitrogens is 4. The Hall–Kier alpha value is -1.05. The number of hydrogen-bond donors (Lipinski definition) is 1. The number of rotatable bonds is 2. The molecule has 4 rings (SSSR count). The van der Waals surface area contributed by atoms with Crippen molar-refractivity contribution in [1.29, 1.82) is 0 Å². The van der Waals surface area contributed by atoms with Gasteiger partial charge in [0, 0.05) is 6.61 Å².